The molecule has 1 aromatic rings. The summed E-state index contributed by atoms with van der Waals surface area (Å²) in [5, 5.41) is 18.5. The minimum absolute atomic E-state index is 0.00132. The molecule has 0 bridgehead atoms. The summed E-state index contributed by atoms with van der Waals surface area (Å²) in [6.45, 7) is 1.16. The molecule has 2 unspecified atom stereocenters. The summed E-state index contributed by atoms with van der Waals surface area (Å²) in [5.74, 6) is -0.586. The van der Waals surface area contributed by atoms with E-state index in [2.05, 4.69) is 10.2 Å². The highest BCUT2D eigenvalue weighted by atomic mass is 35.5. The predicted octanol–water partition coefficient (Wildman–Crippen LogP) is 3.60. The molecule has 1 N–H and O–H groups in total. The van der Waals surface area contributed by atoms with E-state index in [9.17, 15) is 18.3 Å². The fourth-order valence-corrected chi connectivity index (χ4v) is 6.04. The molecule has 1 saturated carbocycles. The van der Waals surface area contributed by atoms with Gasteiger partial charge in [-0.05, 0) is 31.0 Å². The Labute approximate surface area is 174 Å². The Kier molecular flexibility index (Phi) is 5.74. The summed E-state index contributed by atoms with van der Waals surface area (Å²) in [5.41, 5.74) is 0.221. The standard InChI is InChI=1S/C19H22ClN3O5S/c20-15-6-5-12(11-16(15)29(26,27)23-7-9-28-10-8-23)21-22-17-18(24)13-3-1-2-4-14(13)19(17)25/h5-6,11,13-14,24H,1-4,7-10H2. The zero-order valence-corrected chi connectivity index (χ0v) is 17.3. The number of morpholine rings is 1. The Hall–Kier alpha value is -1.81. The summed E-state index contributed by atoms with van der Waals surface area (Å²) in [4.78, 5) is 12.5. The third kappa shape index (κ3) is 3.84. The number of azo groups is 1. The Morgan fingerprint density at radius 1 is 1.10 bits per heavy atom. The van der Waals surface area contributed by atoms with Crippen LogP contribution in [0.5, 0.6) is 0 Å². The van der Waals surface area contributed by atoms with Gasteiger partial charge < -0.3 is 9.84 Å². The quantitative estimate of drug-likeness (QED) is 0.721. The van der Waals surface area contributed by atoms with Crippen LogP contribution in [0.1, 0.15) is 25.7 Å². The molecule has 1 aliphatic heterocycles. The van der Waals surface area contributed by atoms with Crippen molar-refractivity contribution < 1.29 is 23.1 Å². The van der Waals surface area contributed by atoms with Crippen molar-refractivity contribution >= 4 is 33.1 Å². The first kappa shape index (κ1) is 20.5. The Morgan fingerprint density at radius 2 is 1.79 bits per heavy atom. The fraction of sp³-hybridized carbons (Fsp3) is 0.526. The van der Waals surface area contributed by atoms with E-state index in [1.165, 1.54) is 22.5 Å². The summed E-state index contributed by atoms with van der Waals surface area (Å²) >= 11 is 6.14. The number of fused-ring (bicyclic) bond motifs is 1. The number of Topliss-reactive ketones (excluding diaryl/α,β-unsaturated/α-hetero) is 1. The first-order valence-electron chi connectivity index (χ1n) is 9.66. The first-order valence-corrected chi connectivity index (χ1v) is 11.5. The van der Waals surface area contributed by atoms with Crippen LogP contribution in [0, 0.1) is 11.8 Å². The topological polar surface area (TPSA) is 109 Å². The van der Waals surface area contributed by atoms with E-state index < -0.39 is 10.0 Å². The molecule has 4 rings (SSSR count). The molecule has 0 radical (unpaired) electrons. The highest BCUT2D eigenvalue weighted by molar-refractivity contribution is 7.89. The van der Waals surface area contributed by atoms with E-state index in [0.29, 0.717) is 13.2 Å². The van der Waals surface area contributed by atoms with Gasteiger partial charge in [0, 0.05) is 24.9 Å². The first-order chi connectivity index (χ1) is 13.9. The highest BCUT2D eigenvalue weighted by Crippen LogP contribution is 2.43. The van der Waals surface area contributed by atoms with Crippen molar-refractivity contribution in [1.82, 2.24) is 4.31 Å². The number of carbonyl (C=O) groups excluding carboxylic acids is 1. The molecule has 0 spiro atoms. The molecule has 2 fully saturated rings. The number of rotatable bonds is 4. The number of aliphatic hydroxyl groups is 1. The van der Waals surface area contributed by atoms with Gasteiger partial charge in [-0.2, -0.15) is 9.42 Å². The Balaban J connectivity index is 1.61. The van der Waals surface area contributed by atoms with Crippen molar-refractivity contribution in [3.8, 4) is 0 Å². The van der Waals surface area contributed by atoms with Crippen molar-refractivity contribution in [1.29, 1.82) is 0 Å². The number of carbonyl (C=O) groups is 1. The van der Waals surface area contributed by atoms with Crippen LogP contribution in [0.3, 0.4) is 0 Å². The molecule has 2 aliphatic carbocycles. The number of aliphatic hydroxyl groups excluding tert-OH is 1. The number of benzene rings is 1. The van der Waals surface area contributed by atoms with E-state index in [1.54, 1.807) is 0 Å². The molecule has 0 aromatic heterocycles. The van der Waals surface area contributed by atoms with Crippen molar-refractivity contribution in [2.24, 2.45) is 22.1 Å². The molecule has 0 amide bonds. The van der Waals surface area contributed by atoms with Gasteiger partial charge in [0.25, 0.3) is 0 Å². The number of hydrogen-bond donors (Lipinski definition) is 1. The third-order valence-electron chi connectivity index (χ3n) is 5.70. The second-order valence-electron chi connectivity index (χ2n) is 7.43. The normalized spacial score (nSPS) is 26.3. The van der Waals surface area contributed by atoms with Gasteiger partial charge in [-0.15, -0.1) is 5.11 Å². The second kappa shape index (κ2) is 8.14. The van der Waals surface area contributed by atoms with Gasteiger partial charge in [0.2, 0.25) is 10.0 Å². The molecule has 10 heteroatoms. The van der Waals surface area contributed by atoms with Gasteiger partial charge in [0.05, 0.1) is 23.9 Å². The van der Waals surface area contributed by atoms with Crippen molar-refractivity contribution in [3.63, 3.8) is 0 Å². The number of halogens is 1. The van der Waals surface area contributed by atoms with Crippen LogP contribution in [0.15, 0.2) is 44.8 Å². The summed E-state index contributed by atoms with van der Waals surface area (Å²) in [6, 6.07) is 4.29. The van der Waals surface area contributed by atoms with Crippen LogP contribution in [0.25, 0.3) is 0 Å². The van der Waals surface area contributed by atoms with E-state index in [4.69, 9.17) is 16.3 Å². The lowest BCUT2D eigenvalue weighted by Gasteiger charge is -2.26. The number of ketones is 1. The largest absolute Gasteiger partial charge is 0.510 e. The monoisotopic (exact) mass is 439 g/mol. The van der Waals surface area contributed by atoms with E-state index in [1.807, 2.05) is 0 Å². The minimum atomic E-state index is -3.80. The molecule has 2 atom stereocenters. The molecule has 1 heterocycles. The van der Waals surface area contributed by atoms with E-state index in [0.717, 1.165) is 25.7 Å². The van der Waals surface area contributed by atoms with Crippen molar-refractivity contribution in [3.05, 3.63) is 34.7 Å². The van der Waals surface area contributed by atoms with Gasteiger partial charge in [-0.25, -0.2) is 8.42 Å². The number of sulfonamides is 1. The van der Waals surface area contributed by atoms with Crippen LogP contribution in [0.2, 0.25) is 5.02 Å². The molecular formula is C19H22ClN3O5S. The minimum Gasteiger partial charge on any atom is -0.510 e. The average Bonchev–Trinajstić information content (AvgIpc) is 2.98. The van der Waals surface area contributed by atoms with Crippen molar-refractivity contribution in [2.75, 3.05) is 26.3 Å². The number of allylic oxidation sites excluding steroid dienone is 2. The maximum Gasteiger partial charge on any atom is 0.244 e. The van der Waals surface area contributed by atoms with Gasteiger partial charge >= 0.3 is 0 Å². The van der Waals surface area contributed by atoms with Crippen molar-refractivity contribution in [2.45, 2.75) is 30.6 Å². The lowest BCUT2D eigenvalue weighted by molar-refractivity contribution is -0.120. The fourth-order valence-electron chi connectivity index (χ4n) is 4.14. The SMILES string of the molecule is O=C1C(N=Nc2ccc(Cl)c(S(=O)(=O)N3CCOCC3)c2)=C(O)C2CCCCC12. The molecule has 1 saturated heterocycles. The number of nitrogens with zero attached hydrogens (tertiary/aromatic N) is 3. The van der Waals surface area contributed by atoms with Crippen LogP contribution in [-0.2, 0) is 19.6 Å². The summed E-state index contributed by atoms with van der Waals surface area (Å²) in [7, 11) is -3.80. The van der Waals surface area contributed by atoms with Crippen LogP contribution < -0.4 is 0 Å². The van der Waals surface area contributed by atoms with E-state index >= 15 is 0 Å². The maximum absolute atomic E-state index is 12.9. The second-order valence-corrected chi connectivity index (χ2v) is 9.74. The summed E-state index contributed by atoms with van der Waals surface area (Å²) < 4.78 is 32.3. The maximum atomic E-state index is 12.9. The molecule has 1 aromatic carbocycles. The van der Waals surface area contributed by atoms with Gasteiger partial charge in [0.1, 0.15) is 10.7 Å². The van der Waals surface area contributed by atoms with Crippen LogP contribution >= 0.6 is 11.6 Å². The third-order valence-corrected chi connectivity index (χ3v) is 8.08. The van der Waals surface area contributed by atoms with Gasteiger partial charge in [-0.1, -0.05) is 24.4 Å². The highest BCUT2D eigenvalue weighted by Gasteiger charge is 2.43. The Bertz CT molecular complexity index is 986. The van der Waals surface area contributed by atoms with Gasteiger partial charge in [0.15, 0.2) is 11.5 Å². The summed E-state index contributed by atoms with van der Waals surface area (Å²) in [6.07, 6.45) is 3.45. The predicted molar refractivity (Wildman–Crippen MR) is 106 cm³/mol. The zero-order valence-electron chi connectivity index (χ0n) is 15.8. The number of hydrogen-bond acceptors (Lipinski definition) is 7. The molecule has 156 valence electrons. The van der Waals surface area contributed by atoms with E-state index in [-0.39, 0.29) is 57.8 Å². The molecule has 8 nitrogen and oxygen atoms in total. The average molecular weight is 440 g/mol. The molecule has 29 heavy (non-hydrogen) atoms. The Morgan fingerprint density at radius 3 is 2.48 bits per heavy atom. The molecule has 3 aliphatic rings. The lowest BCUT2D eigenvalue weighted by atomic mass is 9.80. The smallest absolute Gasteiger partial charge is 0.244 e. The van der Waals surface area contributed by atoms with Crippen LogP contribution in [0.4, 0.5) is 5.69 Å². The number of ether oxygens (including phenoxy) is 1. The molecular weight excluding hydrogens is 418 g/mol. The zero-order chi connectivity index (χ0) is 20.6. The lowest BCUT2D eigenvalue weighted by Crippen LogP contribution is -2.40. The van der Waals surface area contributed by atoms with Crippen LogP contribution in [-0.4, -0.2) is 49.9 Å². The van der Waals surface area contributed by atoms with Gasteiger partial charge in [-0.3, -0.25) is 4.79 Å².